The van der Waals surface area contributed by atoms with Crippen molar-refractivity contribution >= 4 is 18.2 Å². The van der Waals surface area contributed by atoms with Gasteiger partial charge >= 0.3 is 18.2 Å². The van der Waals surface area contributed by atoms with Crippen LogP contribution in [0, 0.1) is 0 Å². The summed E-state index contributed by atoms with van der Waals surface area (Å²) in [5.74, 6) is -0.459. The Morgan fingerprint density at radius 3 is 2.15 bits per heavy atom. The molecule has 8 nitrogen and oxygen atoms in total. The minimum Gasteiger partial charge on any atom is -0.461 e. The molecule has 0 aromatic heterocycles. The lowest BCUT2D eigenvalue weighted by molar-refractivity contribution is -0.151. The molecule has 0 aromatic carbocycles. The van der Waals surface area contributed by atoms with Crippen molar-refractivity contribution in [2.75, 3.05) is 20.8 Å². The molecule has 152 valence electrons. The Labute approximate surface area is 156 Å². The van der Waals surface area contributed by atoms with Gasteiger partial charge in [0.25, 0.3) is 0 Å². The van der Waals surface area contributed by atoms with E-state index in [9.17, 15) is 14.4 Å². The summed E-state index contributed by atoms with van der Waals surface area (Å²) in [6.07, 6.45) is 5.58. The van der Waals surface area contributed by atoms with Crippen LogP contribution in [-0.2, 0) is 19.0 Å². The van der Waals surface area contributed by atoms with Crippen molar-refractivity contribution < 1.29 is 28.6 Å². The fourth-order valence-electron chi connectivity index (χ4n) is 2.38. The topological polar surface area (TPSA) is 103 Å². The van der Waals surface area contributed by atoms with E-state index in [0.717, 1.165) is 25.7 Å². The Kier molecular flexibility index (Phi) is 14.1. The number of methoxy groups -OCH3 is 2. The summed E-state index contributed by atoms with van der Waals surface area (Å²) in [4.78, 5) is 34.8. The number of hydrogen-bond donors (Lipinski definition) is 2. The van der Waals surface area contributed by atoms with E-state index in [1.54, 1.807) is 0 Å². The molecule has 0 spiro atoms. The zero-order valence-electron chi connectivity index (χ0n) is 16.5. The van der Waals surface area contributed by atoms with Gasteiger partial charge in [-0.2, -0.15) is 0 Å². The van der Waals surface area contributed by atoms with Crippen LogP contribution in [0.4, 0.5) is 9.59 Å². The maximum Gasteiger partial charge on any atom is 0.407 e. The highest BCUT2D eigenvalue weighted by Gasteiger charge is 2.24. The first-order valence-corrected chi connectivity index (χ1v) is 9.31. The van der Waals surface area contributed by atoms with E-state index in [-0.39, 0.29) is 6.10 Å². The molecule has 2 N–H and O–H groups in total. The van der Waals surface area contributed by atoms with Crippen LogP contribution in [-0.4, -0.2) is 51.1 Å². The van der Waals surface area contributed by atoms with Gasteiger partial charge in [-0.1, -0.05) is 26.2 Å². The smallest absolute Gasteiger partial charge is 0.407 e. The number of carbonyl (C=O) groups excluding carboxylic acids is 3. The van der Waals surface area contributed by atoms with Gasteiger partial charge in [0.15, 0.2) is 0 Å². The van der Waals surface area contributed by atoms with Crippen LogP contribution < -0.4 is 10.6 Å². The number of hydrogen-bond acceptors (Lipinski definition) is 6. The van der Waals surface area contributed by atoms with Crippen LogP contribution in [0.3, 0.4) is 0 Å². The molecular formula is C18H34N2O6. The van der Waals surface area contributed by atoms with Crippen molar-refractivity contribution in [2.24, 2.45) is 0 Å². The van der Waals surface area contributed by atoms with E-state index in [1.807, 2.05) is 6.92 Å². The van der Waals surface area contributed by atoms with E-state index in [1.165, 1.54) is 20.6 Å². The summed E-state index contributed by atoms with van der Waals surface area (Å²) in [6.45, 7) is 4.44. The van der Waals surface area contributed by atoms with E-state index in [2.05, 4.69) is 27.0 Å². The molecule has 0 aliphatic carbocycles. The molecule has 2 unspecified atom stereocenters. The van der Waals surface area contributed by atoms with Gasteiger partial charge in [0.1, 0.15) is 6.04 Å². The number of rotatable bonds is 13. The van der Waals surface area contributed by atoms with E-state index >= 15 is 0 Å². The molecular weight excluding hydrogens is 340 g/mol. The minimum atomic E-state index is -0.765. The second-order valence-electron chi connectivity index (χ2n) is 6.20. The predicted octanol–water partition coefficient (Wildman–Crippen LogP) is 3.14. The lowest BCUT2D eigenvalue weighted by Gasteiger charge is -2.20. The average Bonchev–Trinajstić information content (AvgIpc) is 2.63. The fourth-order valence-corrected chi connectivity index (χ4v) is 2.38. The van der Waals surface area contributed by atoms with Crippen molar-refractivity contribution in [1.29, 1.82) is 0 Å². The first-order valence-electron chi connectivity index (χ1n) is 9.31. The van der Waals surface area contributed by atoms with Crippen molar-refractivity contribution in [3.63, 3.8) is 0 Å². The van der Waals surface area contributed by atoms with Crippen molar-refractivity contribution in [1.82, 2.24) is 10.6 Å². The van der Waals surface area contributed by atoms with Crippen molar-refractivity contribution in [2.45, 2.75) is 77.4 Å². The van der Waals surface area contributed by atoms with Gasteiger partial charge < -0.3 is 24.8 Å². The molecule has 0 aliphatic heterocycles. The molecule has 0 saturated heterocycles. The van der Waals surface area contributed by atoms with Crippen LogP contribution in [0.5, 0.6) is 0 Å². The number of alkyl carbamates (subject to hydrolysis) is 2. The predicted molar refractivity (Wildman–Crippen MR) is 97.9 cm³/mol. The molecule has 0 heterocycles. The lowest BCUT2D eigenvalue weighted by Crippen LogP contribution is -2.42. The van der Waals surface area contributed by atoms with E-state index in [0.29, 0.717) is 25.8 Å². The highest BCUT2D eigenvalue weighted by Crippen LogP contribution is 2.11. The lowest BCUT2D eigenvalue weighted by atomic mass is 10.1. The van der Waals surface area contributed by atoms with Gasteiger partial charge in [0.2, 0.25) is 0 Å². The van der Waals surface area contributed by atoms with Gasteiger partial charge in [0.05, 0.1) is 20.3 Å². The van der Waals surface area contributed by atoms with Crippen LogP contribution in [0.15, 0.2) is 0 Å². The minimum absolute atomic E-state index is 0.192. The molecule has 0 rings (SSSR count). The van der Waals surface area contributed by atoms with Gasteiger partial charge in [-0.05, 0) is 39.0 Å². The number of ether oxygens (including phenoxy) is 3. The highest BCUT2D eigenvalue weighted by atomic mass is 16.6. The monoisotopic (exact) mass is 374 g/mol. The SMILES string of the molecule is CCCCCCC(C)OC(=O)C(CCCCNC(=O)OC)NC(=O)OC. The highest BCUT2D eigenvalue weighted by molar-refractivity contribution is 5.81. The molecule has 2 amide bonds. The van der Waals surface area contributed by atoms with Crippen molar-refractivity contribution in [3.8, 4) is 0 Å². The number of amides is 2. The van der Waals surface area contributed by atoms with E-state index < -0.39 is 24.2 Å². The summed E-state index contributed by atoms with van der Waals surface area (Å²) in [7, 11) is 2.54. The third-order valence-electron chi connectivity index (χ3n) is 3.92. The normalized spacial score (nSPS) is 12.6. The van der Waals surface area contributed by atoms with Gasteiger partial charge in [-0.25, -0.2) is 14.4 Å². The van der Waals surface area contributed by atoms with Crippen molar-refractivity contribution in [3.05, 3.63) is 0 Å². The molecule has 0 aromatic rings. The number of nitrogens with one attached hydrogen (secondary N) is 2. The van der Waals surface area contributed by atoms with Gasteiger partial charge in [0, 0.05) is 6.54 Å². The third kappa shape index (κ3) is 12.4. The molecule has 0 radical (unpaired) electrons. The first-order chi connectivity index (χ1) is 12.4. The molecule has 0 bridgehead atoms. The molecule has 0 aliphatic rings. The van der Waals surface area contributed by atoms with Gasteiger partial charge in [-0.15, -0.1) is 0 Å². The molecule has 2 atom stereocenters. The van der Waals surface area contributed by atoms with Gasteiger partial charge in [-0.3, -0.25) is 0 Å². The third-order valence-corrected chi connectivity index (χ3v) is 3.92. The summed E-state index contributed by atoms with van der Waals surface area (Å²) in [5, 5.41) is 5.07. The van der Waals surface area contributed by atoms with Crippen LogP contribution in [0.2, 0.25) is 0 Å². The fraction of sp³-hybridized carbons (Fsp3) is 0.833. The quantitative estimate of drug-likeness (QED) is 0.292. The summed E-state index contributed by atoms with van der Waals surface area (Å²) in [5.41, 5.74) is 0. The maximum absolute atomic E-state index is 12.3. The Morgan fingerprint density at radius 1 is 0.885 bits per heavy atom. The second-order valence-corrected chi connectivity index (χ2v) is 6.20. The Balaban J connectivity index is 4.31. The Morgan fingerprint density at radius 2 is 1.54 bits per heavy atom. The van der Waals surface area contributed by atoms with E-state index in [4.69, 9.17) is 4.74 Å². The first kappa shape index (κ1) is 24.0. The zero-order chi connectivity index (χ0) is 19.8. The zero-order valence-corrected chi connectivity index (χ0v) is 16.5. The van der Waals surface area contributed by atoms with Crippen LogP contribution in [0.25, 0.3) is 0 Å². The number of carbonyl (C=O) groups is 3. The average molecular weight is 374 g/mol. The molecule has 0 fully saturated rings. The number of esters is 1. The molecule has 26 heavy (non-hydrogen) atoms. The molecule has 0 saturated carbocycles. The van der Waals surface area contributed by atoms with Crippen LogP contribution in [0.1, 0.15) is 65.2 Å². The summed E-state index contributed by atoms with van der Waals surface area (Å²) < 4.78 is 14.5. The maximum atomic E-state index is 12.3. The number of unbranched alkanes of at least 4 members (excludes halogenated alkanes) is 4. The standard InChI is InChI=1S/C18H34N2O6/c1-5-6-7-8-11-14(2)26-16(21)15(20-18(23)25-4)12-9-10-13-19-17(22)24-3/h14-15H,5-13H2,1-4H3,(H,19,22)(H,20,23). The molecule has 8 heteroatoms. The summed E-state index contributed by atoms with van der Waals surface area (Å²) >= 11 is 0. The largest absolute Gasteiger partial charge is 0.461 e. The Bertz CT molecular complexity index is 416. The summed E-state index contributed by atoms with van der Waals surface area (Å²) in [6, 6.07) is -0.765. The second kappa shape index (κ2) is 15.3. The Hall–Kier alpha value is -1.99. The van der Waals surface area contributed by atoms with Crippen LogP contribution >= 0.6 is 0 Å².